The first-order valence-electron chi connectivity index (χ1n) is 8.04. The molecule has 0 saturated carbocycles. The van der Waals surface area contributed by atoms with Crippen molar-refractivity contribution in [1.29, 1.82) is 0 Å². The molecule has 1 saturated heterocycles. The topological polar surface area (TPSA) is 0 Å². The molecule has 0 bridgehead atoms. The van der Waals surface area contributed by atoms with E-state index in [2.05, 4.69) is 55.5 Å². The molecule has 0 amide bonds. The zero-order valence-corrected chi connectivity index (χ0v) is 13.2. The highest BCUT2D eigenvalue weighted by atomic mass is 28.3. The van der Waals surface area contributed by atoms with Crippen LogP contribution in [0.2, 0.25) is 18.1 Å². The van der Waals surface area contributed by atoms with Crippen LogP contribution in [0.5, 0.6) is 0 Å². The Kier molecular flexibility index (Phi) is 2.85. The summed E-state index contributed by atoms with van der Waals surface area (Å²) in [6.45, 7) is 2.37. The molecule has 1 aliphatic heterocycles. The fourth-order valence-corrected chi connectivity index (χ4v) is 10.1. The molecule has 2 aliphatic rings. The third-order valence-electron chi connectivity index (χ3n) is 5.54. The van der Waals surface area contributed by atoms with Crippen molar-refractivity contribution in [2.45, 2.75) is 43.4 Å². The highest BCUT2D eigenvalue weighted by Gasteiger charge is 2.49. The van der Waals surface area contributed by atoms with Gasteiger partial charge < -0.3 is 0 Å². The maximum absolute atomic E-state index is 2.41. The third kappa shape index (κ3) is 1.59. The molecular weight excluding hydrogens is 256 g/mol. The lowest BCUT2D eigenvalue weighted by molar-refractivity contribution is 0.805. The predicted octanol–water partition coefficient (Wildman–Crippen LogP) is 5.60. The average molecular weight is 278 g/mol. The Morgan fingerprint density at radius 3 is 1.90 bits per heavy atom. The van der Waals surface area contributed by atoms with E-state index < -0.39 is 8.07 Å². The molecule has 20 heavy (non-hydrogen) atoms. The number of hydrogen-bond donors (Lipinski definition) is 0. The number of hydrogen-bond acceptors (Lipinski definition) is 0. The van der Waals surface area contributed by atoms with Gasteiger partial charge in [0.25, 0.3) is 0 Å². The van der Waals surface area contributed by atoms with Gasteiger partial charge in [-0.1, -0.05) is 86.4 Å². The van der Waals surface area contributed by atoms with Gasteiger partial charge in [-0.25, -0.2) is 0 Å². The van der Waals surface area contributed by atoms with Crippen molar-refractivity contribution in [3.05, 3.63) is 59.7 Å². The minimum absolute atomic E-state index is 0.781. The van der Waals surface area contributed by atoms with Gasteiger partial charge in [0.15, 0.2) is 0 Å². The summed E-state index contributed by atoms with van der Waals surface area (Å²) < 4.78 is 0. The summed E-state index contributed by atoms with van der Waals surface area (Å²) in [5.41, 5.74) is 7.11. The van der Waals surface area contributed by atoms with Crippen LogP contribution in [0.4, 0.5) is 0 Å². The molecule has 1 heteroatoms. The van der Waals surface area contributed by atoms with Crippen LogP contribution < -0.4 is 0 Å². The summed E-state index contributed by atoms with van der Waals surface area (Å²) in [6, 6.07) is 23.0. The molecule has 0 aromatic heterocycles. The first kappa shape index (κ1) is 12.4. The van der Waals surface area contributed by atoms with E-state index in [1.54, 1.807) is 23.2 Å². The molecule has 1 heterocycles. The minimum atomic E-state index is -1.11. The normalized spacial score (nSPS) is 19.2. The Hall–Kier alpha value is -1.34. The van der Waals surface area contributed by atoms with Crippen LogP contribution in [-0.4, -0.2) is 8.07 Å². The second-order valence-corrected chi connectivity index (χ2v) is 11.4. The maximum Gasteiger partial charge on any atom is 0.0665 e. The smallest absolute Gasteiger partial charge is 0.0656 e. The monoisotopic (exact) mass is 278 g/mol. The van der Waals surface area contributed by atoms with Crippen LogP contribution >= 0.6 is 0 Å². The Bertz CT molecular complexity index is 594. The molecule has 0 radical (unpaired) electrons. The number of fused-ring (bicyclic) bond motifs is 3. The Labute approximate surface area is 122 Å². The SMILES string of the molecule is CCC[Si]1(C2c3ccccc3-c3ccccc32)CCC1. The number of rotatable bonds is 3. The van der Waals surface area contributed by atoms with Gasteiger partial charge in [0.1, 0.15) is 0 Å². The predicted molar refractivity (Wildman–Crippen MR) is 88.8 cm³/mol. The Balaban J connectivity index is 1.91. The van der Waals surface area contributed by atoms with Gasteiger partial charge in [-0.05, 0) is 22.3 Å². The van der Waals surface area contributed by atoms with E-state index >= 15 is 0 Å². The van der Waals surface area contributed by atoms with E-state index in [-0.39, 0.29) is 0 Å². The first-order chi connectivity index (χ1) is 9.86. The van der Waals surface area contributed by atoms with E-state index in [9.17, 15) is 0 Å². The Morgan fingerprint density at radius 1 is 0.900 bits per heavy atom. The standard InChI is InChI=1S/C19H22Si/c1-2-12-20(13-7-14-20)19-17-10-5-3-8-15(17)16-9-4-6-11-18(16)19/h3-6,8-11,19H,2,7,12-14H2,1H3. The second kappa shape index (κ2) is 4.59. The lowest BCUT2D eigenvalue weighted by atomic mass is 10.1. The molecule has 102 valence electrons. The van der Waals surface area contributed by atoms with E-state index in [1.807, 2.05) is 0 Å². The van der Waals surface area contributed by atoms with Gasteiger partial charge in [0.2, 0.25) is 0 Å². The molecule has 2 aromatic rings. The molecule has 0 nitrogen and oxygen atoms in total. The maximum atomic E-state index is 2.41. The summed E-state index contributed by atoms with van der Waals surface area (Å²) in [5, 5.41) is 0. The fourth-order valence-electron chi connectivity index (χ4n) is 4.63. The zero-order chi connectivity index (χ0) is 13.6. The minimum Gasteiger partial charge on any atom is -0.0656 e. The molecule has 1 aliphatic carbocycles. The molecule has 0 unspecified atom stereocenters. The van der Waals surface area contributed by atoms with E-state index in [4.69, 9.17) is 0 Å². The number of benzene rings is 2. The van der Waals surface area contributed by atoms with Gasteiger partial charge in [-0.3, -0.25) is 0 Å². The van der Waals surface area contributed by atoms with Crippen LogP contribution in [0.25, 0.3) is 11.1 Å². The second-order valence-electron chi connectivity index (χ2n) is 6.57. The van der Waals surface area contributed by atoms with E-state index in [0.717, 1.165) is 5.54 Å². The first-order valence-corrected chi connectivity index (χ1v) is 10.7. The zero-order valence-electron chi connectivity index (χ0n) is 12.2. The summed E-state index contributed by atoms with van der Waals surface area (Å²) in [6.07, 6.45) is 2.85. The lowest BCUT2D eigenvalue weighted by Crippen LogP contribution is -2.47. The van der Waals surface area contributed by atoms with Crippen molar-refractivity contribution in [2.24, 2.45) is 0 Å². The molecule has 1 fully saturated rings. The van der Waals surface area contributed by atoms with Crippen LogP contribution in [0, 0.1) is 0 Å². The van der Waals surface area contributed by atoms with Crippen molar-refractivity contribution in [2.75, 3.05) is 0 Å². The van der Waals surface area contributed by atoms with Gasteiger partial charge in [0, 0.05) is 5.54 Å². The van der Waals surface area contributed by atoms with Gasteiger partial charge in [-0.15, -0.1) is 0 Å². The summed E-state index contributed by atoms with van der Waals surface area (Å²) in [4.78, 5) is 0. The summed E-state index contributed by atoms with van der Waals surface area (Å²) in [7, 11) is -1.11. The molecule has 4 rings (SSSR count). The van der Waals surface area contributed by atoms with Gasteiger partial charge >= 0.3 is 0 Å². The fraction of sp³-hybridized carbons (Fsp3) is 0.368. The van der Waals surface area contributed by atoms with Crippen molar-refractivity contribution in [1.82, 2.24) is 0 Å². The summed E-state index contributed by atoms with van der Waals surface area (Å²) >= 11 is 0. The van der Waals surface area contributed by atoms with Crippen LogP contribution in [0.1, 0.15) is 36.4 Å². The molecule has 0 N–H and O–H groups in total. The highest BCUT2D eigenvalue weighted by molar-refractivity contribution is 6.84. The van der Waals surface area contributed by atoms with Crippen molar-refractivity contribution in [3.63, 3.8) is 0 Å². The summed E-state index contributed by atoms with van der Waals surface area (Å²) in [5.74, 6) is 0. The quantitative estimate of drug-likeness (QED) is 0.641. The van der Waals surface area contributed by atoms with Gasteiger partial charge in [-0.2, -0.15) is 0 Å². The third-order valence-corrected chi connectivity index (χ3v) is 11.6. The molecule has 0 spiro atoms. The molecule has 0 atom stereocenters. The highest BCUT2D eigenvalue weighted by Crippen LogP contribution is 2.56. The van der Waals surface area contributed by atoms with Crippen molar-refractivity contribution >= 4 is 8.07 Å². The van der Waals surface area contributed by atoms with Crippen LogP contribution in [0.3, 0.4) is 0 Å². The van der Waals surface area contributed by atoms with Crippen LogP contribution in [0.15, 0.2) is 48.5 Å². The van der Waals surface area contributed by atoms with Crippen molar-refractivity contribution < 1.29 is 0 Å². The molecule has 2 aromatic carbocycles. The molecular formula is C19H22Si. The van der Waals surface area contributed by atoms with Crippen LogP contribution in [-0.2, 0) is 0 Å². The Morgan fingerprint density at radius 2 is 1.45 bits per heavy atom. The van der Waals surface area contributed by atoms with Gasteiger partial charge in [0.05, 0.1) is 8.07 Å². The largest absolute Gasteiger partial charge is 0.0665 e. The lowest BCUT2D eigenvalue weighted by Gasteiger charge is -2.45. The van der Waals surface area contributed by atoms with E-state index in [0.29, 0.717) is 0 Å². The van der Waals surface area contributed by atoms with Crippen molar-refractivity contribution in [3.8, 4) is 11.1 Å². The average Bonchev–Trinajstić information content (AvgIpc) is 2.78. The van der Waals surface area contributed by atoms with E-state index in [1.165, 1.54) is 30.0 Å².